The third-order valence-corrected chi connectivity index (χ3v) is 2.93. The van der Waals surface area contributed by atoms with Crippen molar-refractivity contribution in [2.75, 3.05) is 20.8 Å². The number of aliphatic hydroxyl groups is 1. The second kappa shape index (κ2) is 5.18. The van der Waals surface area contributed by atoms with Crippen molar-refractivity contribution in [2.45, 2.75) is 25.3 Å². The summed E-state index contributed by atoms with van der Waals surface area (Å²) < 4.78 is 9.01. The van der Waals surface area contributed by atoms with Crippen LogP contribution in [-0.4, -0.2) is 43.3 Å². The van der Waals surface area contributed by atoms with Crippen molar-refractivity contribution in [3.8, 4) is 0 Å². The summed E-state index contributed by atoms with van der Waals surface area (Å²) in [5.41, 5.74) is -0.838. The minimum absolute atomic E-state index is 0.0793. The van der Waals surface area contributed by atoms with Gasteiger partial charge >= 0.3 is 11.9 Å². The number of rotatable bonds is 3. The van der Waals surface area contributed by atoms with Crippen LogP contribution in [0.3, 0.4) is 0 Å². The van der Waals surface area contributed by atoms with E-state index in [-0.39, 0.29) is 5.57 Å². The van der Waals surface area contributed by atoms with Crippen LogP contribution in [-0.2, 0) is 19.1 Å². The average molecular weight is 243 g/mol. The van der Waals surface area contributed by atoms with E-state index in [4.69, 9.17) is 0 Å². The highest BCUT2D eigenvalue weighted by atomic mass is 16.5. The summed E-state index contributed by atoms with van der Waals surface area (Å²) in [5, 5.41) is 12.9. The Kier molecular flexibility index (Phi) is 4.11. The van der Waals surface area contributed by atoms with Gasteiger partial charge in [-0.05, 0) is 26.3 Å². The number of carbonyl (C=O) groups excluding carboxylic acids is 2. The fourth-order valence-corrected chi connectivity index (χ4v) is 1.99. The van der Waals surface area contributed by atoms with Crippen LogP contribution in [0, 0.1) is 0 Å². The van der Waals surface area contributed by atoms with Crippen molar-refractivity contribution in [1.82, 2.24) is 5.32 Å². The Labute approximate surface area is 99.6 Å². The van der Waals surface area contributed by atoms with E-state index in [1.165, 1.54) is 7.11 Å². The van der Waals surface area contributed by atoms with E-state index < -0.39 is 23.2 Å². The van der Waals surface area contributed by atoms with Crippen LogP contribution >= 0.6 is 0 Å². The van der Waals surface area contributed by atoms with Gasteiger partial charge in [0.2, 0.25) is 5.76 Å². The summed E-state index contributed by atoms with van der Waals surface area (Å²) in [6.45, 7) is 2.46. The maximum atomic E-state index is 11.7. The van der Waals surface area contributed by atoms with Gasteiger partial charge in [0.15, 0.2) is 0 Å². The van der Waals surface area contributed by atoms with Crippen molar-refractivity contribution in [2.24, 2.45) is 0 Å². The molecule has 0 radical (unpaired) electrons. The lowest BCUT2D eigenvalue weighted by atomic mass is 9.89. The van der Waals surface area contributed by atoms with Gasteiger partial charge in [-0.1, -0.05) is 0 Å². The molecule has 1 rings (SSSR count). The van der Waals surface area contributed by atoms with E-state index in [1.54, 1.807) is 6.92 Å². The van der Waals surface area contributed by atoms with E-state index >= 15 is 0 Å². The molecule has 0 aromatic carbocycles. The molecule has 0 amide bonds. The number of esters is 2. The third-order valence-electron chi connectivity index (χ3n) is 2.93. The van der Waals surface area contributed by atoms with Crippen molar-refractivity contribution in [3.63, 3.8) is 0 Å². The smallest absolute Gasteiger partial charge is 0.373 e. The molecule has 1 fully saturated rings. The Balaban J connectivity index is 3.20. The number of aliphatic hydroxyl groups excluding tert-OH is 1. The molecule has 0 saturated carbocycles. The zero-order valence-electron chi connectivity index (χ0n) is 10.2. The summed E-state index contributed by atoms with van der Waals surface area (Å²) in [6, 6.07) is 0. The number of ether oxygens (including phenoxy) is 2. The van der Waals surface area contributed by atoms with E-state index in [0.29, 0.717) is 13.0 Å². The molecule has 0 aliphatic carbocycles. The molecule has 1 aliphatic heterocycles. The predicted molar refractivity (Wildman–Crippen MR) is 59.3 cm³/mol. The van der Waals surface area contributed by atoms with E-state index in [1.807, 2.05) is 0 Å². The lowest BCUT2D eigenvalue weighted by molar-refractivity contribution is -0.142. The van der Waals surface area contributed by atoms with Gasteiger partial charge in [-0.25, -0.2) is 9.59 Å². The quantitative estimate of drug-likeness (QED) is 0.421. The molecule has 1 saturated heterocycles. The first-order valence-electron chi connectivity index (χ1n) is 5.31. The Morgan fingerprint density at radius 1 is 1.24 bits per heavy atom. The van der Waals surface area contributed by atoms with Gasteiger partial charge in [0.05, 0.1) is 19.8 Å². The average Bonchev–Trinajstić information content (AvgIpc) is 2.75. The molecule has 17 heavy (non-hydrogen) atoms. The van der Waals surface area contributed by atoms with E-state index in [9.17, 15) is 14.7 Å². The molecule has 0 spiro atoms. The molecule has 0 bridgehead atoms. The van der Waals surface area contributed by atoms with Crippen LogP contribution in [0.1, 0.15) is 19.8 Å². The maximum Gasteiger partial charge on any atom is 0.373 e. The first-order chi connectivity index (χ1) is 7.96. The molecular formula is C11H17NO5. The molecule has 6 nitrogen and oxygen atoms in total. The summed E-state index contributed by atoms with van der Waals surface area (Å²) in [7, 11) is 2.34. The Morgan fingerprint density at radius 3 is 2.24 bits per heavy atom. The maximum absolute atomic E-state index is 11.7. The minimum atomic E-state index is -0.944. The van der Waals surface area contributed by atoms with Crippen LogP contribution in [0.2, 0.25) is 0 Å². The number of hydrogen-bond acceptors (Lipinski definition) is 6. The molecule has 1 atom stereocenters. The van der Waals surface area contributed by atoms with Gasteiger partial charge in [0.25, 0.3) is 0 Å². The SMILES string of the molecule is COC(=O)/C(O)=C(\C(=O)OC)C1(C)CCCN1. The number of carbonyl (C=O) groups is 2. The van der Waals surface area contributed by atoms with Gasteiger partial charge in [0.1, 0.15) is 5.57 Å². The fourth-order valence-electron chi connectivity index (χ4n) is 1.99. The number of hydrogen-bond donors (Lipinski definition) is 2. The number of methoxy groups -OCH3 is 2. The van der Waals surface area contributed by atoms with Crippen molar-refractivity contribution >= 4 is 11.9 Å². The molecule has 1 heterocycles. The zero-order valence-corrected chi connectivity index (χ0v) is 10.2. The summed E-state index contributed by atoms with van der Waals surface area (Å²) in [4.78, 5) is 23.0. The number of nitrogens with one attached hydrogen (secondary N) is 1. The Bertz CT molecular complexity index is 355. The summed E-state index contributed by atoms with van der Waals surface area (Å²) in [6.07, 6.45) is 1.49. The van der Waals surface area contributed by atoms with Gasteiger partial charge in [-0.3, -0.25) is 0 Å². The van der Waals surface area contributed by atoms with Gasteiger partial charge in [0, 0.05) is 0 Å². The molecule has 1 aliphatic rings. The van der Waals surface area contributed by atoms with Gasteiger partial charge in [-0.2, -0.15) is 0 Å². The largest absolute Gasteiger partial charge is 0.501 e. The molecule has 2 N–H and O–H groups in total. The normalized spacial score (nSPS) is 25.1. The third kappa shape index (κ3) is 2.58. The Morgan fingerprint density at radius 2 is 1.82 bits per heavy atom. The van der Waals surface area contributed by atoms with Crippen molar-refractivity contribution in [3.05, 3.63) is 11.3 Å². The fraction of sp³-hybridized carbons (Fsp3) is 0.636. The lowest BCUT2D eigenvalue weighted by Gasteiger charge is -2.26. The highest BCUT2D eigenvalue weighted by molar-refractivity contribution is 6.00. The van der Waals surface area contributed by atoms with Crippen molar-refractivity contribution < 1.29 is 24.2 Å². The first-order valence-corrected chi connectivity index (χ1v) is 5.31. The zero-order chi connectivity index (χ0) is 13.1. The van der Waals surface area contributed by atoms with Crippen LogP contribution in [0.25, 0.3) is 0 Å². The minimum Gasteiger partial charge on any atom is -0.501 e. The monoisotopic (exact) mass is 243 g/mol. The topological polar surface area (TPSA) is 84.9 Å². The second-order valence-electron chi connectivity index (χ2n) is 4.07. The molecule has 0 aromatic rings. The van der Waals surface area contributed by atoms with Crippen LogP contribution < -0.4 is 5.32 Å². The predicted octanol–water partition coefficient (Wildman–Crippen LogP) is 0.287. The molecule has 6 heteroatoms. The highest BCUT2D eigenvalue weighted by Gasteiger charge is 2.41. The van der Waals surface area contributed by atoms with Crippen LogP contribution in [0.5, 0.6) is 0 Å². The van der Waals surface area contributed by atoms with Gasteiger partial charge in [-0.15, -0.1) is 0 Å². The highest BCUT2D eigenvalue weighted by Crippen LogP contribution is 2.29. The van der Waals surface area contributed by atoms with Crippen LogP contribution in [0.15, 0.2) is 11.3 Å². The standard InChI is InChI=1S/C11H17NO5/c1-11(5-4-6-12-11)7(9(14)16-2)8(13)10(15)17-3/h12-13H,4-6H2,1-3H3/b8-7-. The van der Waals surface area contributed by atoms with Crippen LogP contribution in [0.4, 0.5) is 0 Å². The van der Waals surface area contributed by atoms with Crippen molar-refractivity contribution in [1.29, 1.82) is 0 Å². The summed E-state index contributed by atoms with van der Waals surface area (Å²) >= 11 is 0. The lowest BCUT2D eigenvalue weighted by Crippen LogP contribution is -2.43. The molecule has 0 aromatic heterocycles. The molecular weight excluding hydrogens is 226 g/mol. The molecule has 1 unspecified atom stereocenters. The first kappa shape index (κ1) is 13.5. The van der Waals surface area contributed by atoms with Gasteiger partial charge < -0.3 is 19.9 Å². The summed E-state index contributed by atoms with van der Waals surface area (Å²) in [5.74, 6) is -2.37. The van der Waals surface area contributed by atoms with E-state index in [0.717, 1.165) is 13.5 Å². The Hall–Kier alpha value is -1.56. The van der Waals surface area contributed by atoms with E-state index in [2.05, 4.69) is 14.8 Å². The second-order valence-corrected chi connectivity index (χ2v) is 4.07. The molecule has 96 valence electrons.